The van der Waals surface area contributed by atoms with Crippen LogP contribution in [-0.2, 0) is 14.8 Å². The number of carbonyl (C=O) groups excluding carboxylic acids is 1. The number of Topliss-reactive ketones (excluding diaryl/α,β-unsaturated/α-hetero) is 1. The van der Waals surface area contributed by atoms with Crippen LogP contribution in [0.4, 0.5) is 5.69 Å². The highest BCUT2D eigenvalue weighted by Gasteiger charge is 2.65. The van der Waals surface area contributed by atoms with Gasteiger partial charge >= 0.3 is 0 Å². The van der Waals surface area contributed by atoms with Gasteiger partial charge in [0.15, 0.2) is 0 Å². The minimum absolute atomic E-state index is 0.0642. The van der Waals surface area contributed by atoms with Gasteiger partial charge in [-0.2, -0.15) is 0 Å². The molecule has 4 rings (SSSR count). The van der Waals surface area contributed by atoms with E-state index < -0.39 is 15.4 Å². The molecule has 3 fully saturated rings. The molecule has 7 heteroatoms. The van der Waals surface area contributed by atoms with Crippen molar-refractivity contribution in [1.29, 1.82) is 0 Å². The fourth-order valence-electron chi connectivity index (χ4n) is 5.84. The number of methoxy groups -OCH3 is 1. The molecule has 1 saturated heterocycles. The number of hydrogen-bond donors (Lipinski definition) is 1. The number of ketones is 1. The van der Waals surface area contributed by atoms with E-state index in [9.17, 15) is 13.2 Å². The van der Waals surface area contributed by atoms with Gasteiger partial charge in [-0.1, -0.05) is 26.0 Å². The fourth-order valence-corrected chi connectivity index (χ4v) is 7.76. The van der Waals surface area contributed by atoms with Gasteiger partial charge in [-0.05, 0) is 48.6 Å². The Kier molecular flexibility index (Phi) is 5.18. The number of anilines is 1. The number of hydrogen-bond acceptors (Lipinski definition) is 5. The summed E-state index contributed by atoms with van der Waals surface area (Å²) in [6, 6.07) is 7.92. The Hall–Kier alpha value is -1.60. The molecular weight excluding hydrogens is 388 g/mol. The van der Waals surface area contributed by atoms with Crippen molar-refractivity contribution >= 4 is 21.5 Å². The van der Waals surface area contributed by atoms with Crippen LogP contribution < -0.4 is 14.4 Å². The Morgan fingerprint density at radius 1 is 1.24 bits per heavy atom. The predicted octanol–water partition coefficient (Wildman–Crippen LogP) is 2.84. The molecule has 1 N–H and O–H groups in total. The van der Waals surface area contributed by atoms with E-state index in [-0.39, 0.29) is 22.9 Å². The van der Waals surface area contributed by atoms with E-state index in [1.54, 1.807) is 7.11 Å². The van der Waals surface area contributed by atoms with E-state index in [0.717, 1.165) is 37.4 Å². The molecular formula is C22H32N2O4S. The molecule has 3 atom stereocenters. The lowest BCUT2D eigenvalue weighted by molar-refractivity contribution is -0.128. The van der Waals surface area contributed by atoms with Crippen LogP contribution in [0.25, 0.3) is 0 Å². The van der Waals surface area contributed by atoms with Crippen molar-refractivity contribution < 1.29 is 17.9 Å². The molecule has 6 nitrogen and oxygen atoms in total. The molecule has 1 aromatic carbocycles. The Bertz CT molecular complexity index is 898. The number of nitrogens with one attached hydrogen (secondary N) is 1. The highest BCUT2D eigenvalue weighted by molar-refractivity contribution is 7.89. The van der Waals surface area contributed by atoms with Crippen molar-refractivity contribution in [2.45, 2.75) is 39.5 Å². The molecule has 3 aliphatic rings. The van der Waals surface area contributed by atoms with E-state index in [4.69, 9.17) is 4.74 Å². The first-order valence-corrected chi connectivity index (χ1v) is 12.2. The largest absolute Gasteiger partial charge is 0.495 e. The number of carbonyl (C=O) groups is 1. The standard InChI is InChI=1S/C22H32N2O4S/c1-21(2)17-8-10-22(21,20(25)12-17)15-29(26,27)23-13-16-9-11-24(14-16)18-6-4-5-7-19(18)28-3/h4-7,16-17,23H,8-15H2,1-3H3. The number of nitrogens with zero attached hydrogens (tertiary/aromatic N) is 1. The first-order chi connectivity index (χ1) is 13.7. The summed E-state index contributed by atoms with van der Waals surface area (Å²) in [4.78, 5) is 14.9. The monoisotopic (exact) mass is 420 g/mol. The topological polar surface area (TPSA) is 75.7 Å². The van der Waals surface area contributed by atoms with Crippen molar-refractivity contribution in [2.24, 2.45) is 22.7 Å². The van der Waals surface area contributed by atoms with E-state index in [1.807, 2.05) is 24.3 Å². The minimum Gasteiger partial charge on any atom is -0.495 e. The van der Waals surface area contributed by atoms with Crippen LogP contribution in [0.2, 0.25) is 0 Å². The van der Waals surface area contributed by atoms with E-state index >= 15 is 0 Å². The molecule has 0 radical (unpaired) electrons. The van der Waals surface area contributed by atoms with Crippen LogP contribution in [0.3, 0.4) is 0 Å². The zero-order chi connectivity index (χ0) is 20.9. The lowest BCUT2D eigenvalue weighted by Gasteiger charge is -2.36. The fraction of sp³-hybridized carbons (Fsp3) is 0.682. The summed E-state index contributed by atoms with van der Waals surface area (Å²) < 4.78 is 34.1. The second-order valence-corrected chi connectivity index (χ2v) is 11.4. The quantitative estimate of drug-likeness (QED) is 0.734. The average Bonchev–Trinajstić information content (AvgIpc) is 3.29. The van der Waals surface area contributed by atoms with Gasteiger partial charge in [-0.3, -0.25) is 4.79 Å². The smallest absolute Gasteiger partial charge is 0.212 e. The Balaban J connectivity index is 1.38. The first-order valence-electron chi connectivity index (χ1n) is 10.6. The molecule has 0 aromatic heterocycles. The van der Waals surface area contributed by atoms with Gasteiger partial charge in [0.2, 0.25) is 10.0 Å². The van der Waals surface area contributed by atoms with Crippen molar-refractivity contribution in [1.82, 2.24) is 4.72 Å². The summed E-state index contributed by atoms with van der Waals surface area (Å²) >= 11 is 0. The Morgan fingerprint density at radius 3 is 2.66 bits per heavy atom. The van der Waals surface area contributed by atoms with Crippen LogP contribution in [0.15, 0.2) is 24.3 Å². The molecule has 1 aromatic rings. The minimum atomic E-state index is -3.51. The first kappa shape index (κ1) is 20.7. The Morgan fingerprint density at radius 2 is 2.00 bits per heavy atom. The van der Waals surface area contributed by atoms with Crippen LogP contribution in [-0.4, -0.2) is 46.7 Å². The van der Waals surface area contributed by atoms with Crippen molar-refractivity contribution in [3.8, 4) is 5.75 Å². The zero-order valence-corrected chi connectivity index (χ0v) is 18.4. The van der Waals surface area contributed by atoms with Gasteiger partial charge in [0.05, 0.1) is 18.6 Å². The number of benzene rings is 1. The molecule has 1 aliphatic heterocycles. The van der Waals surface area contributed by atoms with Gasteiger partial charge in [0.1, 0.15) is 11.5 Å². The third-order valence-electron chi connectivity index (χ3n) is 7.88. The molecule has 2 bridgehead atoms. The third kappa shape index (κ3) is 3.46. The second-order valence-electron chi connectivity index (χ2n) is 9.55. The molecule has 160 valence electrons. The van der Waals surface area contributed by atoms with Crippen molar-refractivity contribution in [3.05, 3.63) is 24.3 Å². The van der Waals surface area contributed by atoms with E-state index in [1.165, 1.54) is 0 Å². The summed E-state index contributed by atoms with van der Waals surface area (Å²) in [5.41, 5.74) is 0.115. The number of para-hydroxylation sites is 2. The lowest BCUT2D eigenvalue weighted by atomic mass is 9.70. The number of fused-ring (bicyclic) bond motifs is 2. The maximum absolute atomic E-state index is 12.9. The highest BCUT2D eigenvalue weighted by atomic mass is 32.2. The molecule has 3 unspecified atom stereocenters. The van der Waals surface area contributed by atoms with Gasteiger partial charge in [-0.15, -0.1) is 0 Å². The molecule has 0 spiro atoms. The maximum Gasteiger partial charge on any atom is 0.212 e. The maximum atomic E-state index is 12.9. The number of sulfonamides is 1. The summed E-state index contributed by atoms with van der Waals surface area (Å²) in [7, 11) is -1.84. The molecule has 1 heterocycles. The van der Waals surface area contributed by atoms with Gasteiger partial charge in [-0.25, -0.2) is 13.1 Å². The molecule has 2 saturated carbocycles. The lowest BCUT2D eigenvalue weighted by Crippen LogP contribution is -2.46. The van der Waals surface area contributed by atoms with Gasteiger partial charge < -0.3 is 9.64 Å². The summed E-state index contributed by atoms with van der Waals surface area (Å²) in [5.74, 6) is 1.49. The van der Waals surface area contributed by atoms with Crippen LogP contribution in [0, 0.1) is 22.7 Å². The summed E-state index contributed by atoms with van der Waals surface area (Å²) in [6.07, 6.45) is 3.14. The van der Waals surface area contributed by atoms with Crippen molar-refractivity contribution in [3.63, 3.8) is 0 Å². The summed E-state index contributed by atoms with van der Waals surface area (Å²) in [6.45, 7) is 6.24. The number of ether oxygens (including phenoxy) is 1. The molecule has 29 heavy (non-hydrogen) atoms. The highest BCUT2D eigenvalue weighted by Crippen LogP contribution is 2.64. The molecule has 0 amide bonds. The predicted molar refractivity (Wildman–Crippen MR) is 114 cm³/mol. The SMILES string of the molecule is COc1ccccc1N1CCC(CNS(=O)(=O)CC23CCC(CC2=O)C3(C)C)C1. The van der Waals surface area contributed by atoms with Crippen molar-refractivity contribution in [2.75, 3.05) is 37.4 Å². The number of rotatable bonds is 7. The average molecular weight is 421 g/mol. The third-order valence-corrected chi connectivity index (χ3v) is 9.36. The summed E-state index contributed by atoms with van der Waals surface area (Å²) in [5, 5.41) is 0. The van der Waals surface area contributed by atoms with Crippen LogP contribution >= 0.6 is 0 Å². The van der Waals surface area contributed by atoms with Crippen LogP contribution in [0.5, 0.6) is 5.75 Å². The van der Waals surface area contributed by atoms with E-state index in [0.29, 0.717) is 25.3 Å². The zero-order valence-electron chi connectivity index (χ0n) is 17.6. The van der Waals surface area contributed by atoms with Crippen LogP contribution in [0.1, 0.15) is 39.5 Å². The molecule has 2 aliphatic carbocycles. The Labute approximate surface area is 174 Å². The van der Waals surface area contributed by atoms with E-state index in [2.05, 4.69) is 23.5 Å². The normalized spacial score (nSPS) is 30.9. The van der Waals surface area contributed by atoms with Gasteiger partial charge in [0.25, 0.3) is 0 Å². The second kappa shape index (κ2) is 7.27. The van der Waals surface area contributed by atoms with Gasteiger partial charge in [0, 0.05) is 31.5 Å².